The zero-order chi connectivity index (χ0) is 20.4. The summed E-state index contributed by atoms with van der Waals surface area (Å²) in [7, 11) is 0. The average Bonchev–Trinajstić information content (AvgIpc) is 2.75. The van der Waals surface area contributed by atoms with Crippen LogP contribution in [0.5, 0.6) is 0 Å². The summed E-state index contributed by atoms with van der Waals surface area (Å²) in [6.07, 6.45) is 2.13. The van der Waals surface area contributed by atoms with E-state index in [4.69, 9.17) is 0 Å². The first-order valence-corrected chi connectivity index (χ1v) is 10.1. The minimum Gasteiger partial charge on any atom is -0.334 e. The molecule has 5 heteroatoms. The topological polar surface area (TPSA) is 66.1 Å². The molecule has 0 spiro atoms. The van der Waals surface area contributed by atoms with Crippen LogP contribution < -0.4 is 5.56 Å². The highest BCUT2D eigenvalue weighted by Crippen LogP contribution is 2.18. The molecule has 29 heavy (non-hydrogen) atoms. The highest BCUT2D eigenvalue weighted by molar-refractivity contribution is 5.94. The van der Waals surface area contributed by atoms with Crippen molar-refractivity contribution in [2.45, 2.75) is 39.7 Å². The van der Waals surface area contributed by atoms with E-state index in [2.05, 4.69) is 41.2 Å². The Morgan fingerprint density at radius 1 is 1.07 bits per heavy atom. The van der Waals surface area contributed by atoms with Gasteiger partial charge < -0.3 is 9.88 Å². The summed E-state index contributed by atoms with van der Waals surface area (Å²) < 4.78 is 0. The number of carbonyl (C=O) groups excluding carboxylic acids is 1. The molecule has 1 aliphatic heterocycles. The van der Waals surface area contributed by atoms with Gasteiger partial charge >= 0.3 is 0 Å². The van der Waals surface area contributed by atoms with E-state index in [1.807, 2.05) is 31.2 Å². The van der Waals surface area contributed by atoms with Gasteiger partial charge in [0.25, 0.3) is 11.5 Å². The Labute approximate surface area is 170 Å². The number of hydrogen-bond donors (Lipinski definition) is 1. The standard InChI is InChI=1S/C24H25N3O2/c1-3-17-8-10-19(11-9-17)24(29)27-13-12-21-20(15-27)23(28)26-22(25-21)14-18-6-4-16(2)5-7-18/h4-11H,3,12-15H2,1-2H3,(H,25,26,28). The quantitative estimate of drug-likeness (QED) is 0.746. The number of H-pyrrole nitrogens is 1. The summed E-state index contributed by atoms with van der Waals surface area (Å²) >= 11 is 0. The SMILES string of the molecule is CCc1ccc(C(=O)N2CCc3nc(Cc4ccc(C)cc4)[nH]c(=O)c3C2)cc1. The van der Waals surface area contributed by atoms with Crippen LogP contribution in [0, 0.1) is 6.92 Å². The van der Waals surface area contributed by atoms with Crippen LogP contribution in [0.15, 0.2) is 53.3 Å². The number of benzene rings is 2. The van der Waals surface area contributed by atoms with Crippen LogP contribution in [-0.2, 0) is 25.8 Å². The van der Waals surface area contributed by atoms with Crippen LogP contribution in [0.1, 0.15) is 51.1 Å². The third-order valence-corrected chi connectivity index (χ3v) is 5.51. The lowest BCUT2D eigenvalue weighted by atomic mass is 10.0. The second kappa shape index (κ2) is 8.03. The fraction of sp³-hybridized carbons (Fsp3) is 0.292. The van der Waals surface area contributed by atoms with E-state index in [-0.39, 0.29) is 11.5 Å². The molecule has 1 aliphatic rings. The molecule has 0 aliphatic carbocycles. The molecule has 0 saturated carbocycles. The number of nitrogens with zero attached hydrogens (tertiary/aromatic N) is 2. The van der Waals surface area contributed by atoms with Crippen LogP contribution in [0.4, 0.5) is 0 Å². The molecular formula is C24H25N3O2. The van der Waals surface area contributed by atoms with Crippen LogP contribution in [-0.4, -0.2) is 27.3 Å². The van der Waals surface area contributed by atoms with E-state index >= 15 is 0 Å². The summed E-state index contributed by atoms with van der Waals surface area (Å²) in [5, 5.41) is 0. The van der Waals surface area contributed by atoms with Crippen LogP contribution in [0.3, 0.4) is 0 Å². The molecular weight excluding hydrogens is 362 g/mol. The van der Waals surface area contributed by atoms with Gasteiger partial charge in [-0.3, -0.25) is 9.59 Å². The van der Waals surface area contributed by atoms with Crippen molar-refractivity contribution >= 4 is 5.91 Å². The van der Waals surface area contributed by atoms with Gasteiger partial charge in [0.2, 0.25) is 0 Å². The van der Waals surface area contributed by atoms with Gasteiger partial charge in [-0.15, -0.1) is 0 Å². The van der Waals surface area contributed by atoms with Crippen molar-refractivity contribution in [1.29, 1.82) is 0 Å². The molecule has 2 heterocycles. The van der Waals surface area contributed by atoms with Gasteiger partial charge in [0, 0.05) is 24.9 Å². The molecule has 0 radical (unpaired) electrons. The second-order valence-corrected chi connectivity index (χ2v) is 7.63. The molecule has 5 nitrogen and oxygen atoms in total. The molecule has 1 aromatic heterocycles. The fourth-order valence-electron chi connectivity index (χ4n) is 3.70. The summed E-state index contributed by atoms with van der Waals surface area (Å²) in [5.41, 5.74) is 5.44. The van der Waals surface area contributed by atoms with Crippen molar-refractivity contribution in [2.75, 3.05) is 6.54 Å². The Morgan fingerprint density at radius 3 is 2.45 bits per heavy atom. The van der Waals surface area contributed by atoms with Crippen molar-refractivity contribution in [3.05, 3.63) is 98.2 Å². The Morgan fingerprint density at radius 2 is 1.76 bits per heavy atom. The highest BCUT2D eigenvalue weighted by atomic mass is 16.2. The predicted octanol–water partition coefficient (Wildman–Crippen LogP) is 3.43. The molecule has 1 N–H and O–H groups in total. The van der Waals surface area contributed by atoms with Gasteiger partial charge in [-0.05, 0) is 36.6 Å². The van der Waals surface area contributed by atoms with Gasteiger partial charge in [-0.2, -0.15) is 0 Å². The molecule has 1 amide bonds. The molecule has 0 unspecified atom stereocenters. The van der Waals surface area contributed by atoms with Crippen LogP contribution in [0.2, 0.25) is 0 Å². The fourth-order valence-corrected chi connectivity index (χ4v) is 3.70. The summed E-state index contributed by atoms with van der Waals surface area (Å²) in [6.45, 7) is 5.01. The maximum absolute atomic E-state index is 12.8. The molecule has 0 bridgehead atoms. The Balaban J connectivity index is 1.52. The van der Waals surface area contributed by atoms with Crippen molar-refractivity contribution in [1.82, 2.24) is 14.9 Å². The van der Waals surface area contributed by atoms with E-state index in [9.17, 15) is 9.59 Å². The largest absolute Gasteiger partial charge is 0.334 e. The average molecular weight is 387 g/mol. The first kappa shape index (κ1) is 19.1. The maximum atomic E-state index is 12.8. The first-order valence-electron chi connectivity index (χ1n) is 10.1. The number of carbonyl (C=O) groups is 1. The molecule has 0 atom stereocenters. The van der Waals surface area contributed by atoms with E-state index in [0.717, 1.165) is 17.7 Å². The van der Waals surface area contributed by atoms with Crippen molar-refractivity contribution < 1.29 is 4.79 Å². The van der Waals surface area contributed by atoms with Crippen LogP contribution >= 0.6 is 0 Å². The monoisotopic (exact) mass is 387 g/mol. The van der Waals surface area contributed by atoms with Gasteiger partial charge in [0.15, 0.2) is 0 Å². The van der Waals surface area contributed by atoms with Crippen molar-refractivity contribution in [3.63, 3.8) is 0 Å². The summed E-state index contributed by atoms with van der Waals surface area (Å²) in [4.78, 5) is 34.9. The lowest BCUT2D eigenvalue weighted by molar-refractivity contribution is 0.0732. The number of aryl methyl sites for hydroxylation is 2. The van der Waals surface area contributed by atoms with Gasteiger partial charge in [0.05, 0.1) is 17.8 Å². The zero-order valence-corrected chi connectivity index (χ0v) is 16.9. The third-order valence-electron chi connectivity index (χ3n) is 5.51. The molecule has 2 aromatic carbocycles. The number of rotatable bonds is 4. The minimum absolute atomic E-state index is 0.0403. The predicted molar refractivity (Wildman–Crippen MR) is 113 cm³/mol. The Bertz CT molecular complexity index is 1080. The molecule has 0 fully saturated rings. The maximum Gasteiger partial charge on any atom is 0.256 e. The zero-order valence-electron chi connectivity index (χ0n) is 16.9. The normalized spacial score (nSPS) is 13.2. The number of nitrogens with one attached hydrogen (secondary N) is 1. The van der Waals surface area contributed by atoms with Gasteiger partial charge in [-0.1, -0.05) is 48.9 Å². The van der Waals surface area contributed by atoms with Gasteiger partial charge in [-0.25, -0.2) is 4.98 Å². The number of amides is 1. The smallest absolute Gasteiger partial charge is 0.256 e. The minimum atomic E-state index is -0.143. The molecule has 3 aromatic rings. The third kappa shape index (κ3) is 4.14. The molecule has 0 saturated heterocycles. The number of hydrogen-bond acceptors (Lipinski definition) is 3. The van der Waals surface area contributed by atoms with Crippen molar-refractivity contribution in [2.24, 2.45) is 0 Å². The van der Waals surface area contributed by atoms with Gasteiger partial charge in [0.1, 0.15) is 5.82 Å². The highest BCUT2D eigenvalue weighted by Gasteiger charge is 2.25. The van der Waals surface area contributed by atoms with Crippen LogP contribution in [0.25, 0.3) is 0 Å². The second-order valence-electron chi connectivity index (χ2n) is 7.63. The number of aromatic nitrogens is 2. The first-order chi connectivity index (χ1) is 14.0. The Hall–Kier alpha value is -3.21. The summed E-state index contributed by atoms with van der Waals surface area (Å²) in [6, 6.07) is 15.9. The molecule has 4 rings (SSSR count). The lowest BCUT2D eigenvalue weighted by Crippen LogP contribution is -2.39. The number of aromatic amines is 1. The molecule has 148 valence electrons. The van der Waals surface area contributed by atoms with E-state index in [0.29, 0.717) is 42.9 Å². The van der Waals surface area contributed by atoms with E-state index in [1.54, 1.807) is 4.90 Å². The van der Waals surface area contributed by atoms with E-state index < -0.39 is 0 Å². The van der Waals surface area contributed by atoms with E-state index in [1.165, 1.54) is 11.1 Å². The van der Waals surface area contributed by atoms with Crippen molar-refractivity contribution in [3.8, 4) is 0 Å². The lowest BCUT2D eigenvalue weighted by Gasteiger charge is -2.28. The number of fused-ring (bicyclic) bond motifs is 1. The summed E-state index contributed by atoms with van der Waals surface area (Å²) in [5.74, 6) is 0.633. The Kier molecular flexibility index (Phi) is 5.30.